The van der Waals surface area contributed by atoms with Crippen molar-refractivity contribution >= 4 is 23.2 Å². The van der Waals surface area contributed by atoms with Crippen LogP contribution in [0.3, 0.4) is 0 Å². The van der Waals surface area contributed by atoms with Crippen molar-refractivity contribution < 1.29 is 14.0 Å². The van der Waals surface area contributed by atoms with E-state index in [-0.39, 0.29) is 11.8 Å². The van der Waals surface area contributed by atoms with Gasteiger partial charge in [-0.3, -0.25) is 9.59 Å². The molecule has 7 heteroatoms. The summed E-state index contributed by atoms with van der Waals surface area (Å²) >= 11 is 1.35. The molecule has 0 saturated carbocycles. The first-order valence-corrected chi connectivity index (χ1v) is 10.3. The molecule has 0 atom stereocenters. The van der Waals surface area contributed by atoms with Crippen molar-refractivity contribution in [1.29, 1.82) is 0 Å². The number of thiazole rings is 1. The fraction of sp³-hybridized carbons (Fsp3) is 0.318. The van der Waals surface area contributed by atoms with E-state index in [9.17, 15) is 9.59 Å². The molecule has 3 aromatic rings. The molecule has 2 amide bonds. The summed E-state index contributed by atoms with van der Waals surface area (Å²) in [6.45, 7) is 6.72. The van der Waals surface area contributed by atoms with Gasteiger partial charge in [0.15, 0.2) is 10.8 Å². The molecule has 0 saturated heterocycles. The van der Waals surface area contributed by atoms with E-state index in [0.717, 1.165) is 11.3 Å². The zero-order chi connectivity index (χ0) is 21.1. The predicted molar refractivity (Wildman–Crippen MR) is 114 cm³/mol. The maximum absolute atomic E-state index is 13.1. The topological polar surface area (TPSA) is 66.7 Å². The Labute approximate surface area is 174 Å². The lowest BCUT2D eigenvalue weighted by atomic mass is 10.1. The Morgan fingerprint density at radius 1 is 1.03 bits per heavy atom. The van der Waals surface area contributed by atoms with Gasteiger partial charge in [0.1, 0.15) is 10.6 Å². The van der Waals surface area contributed by atoms with E-state index in [1.807, 2.05) is 45.0 Å². The Morgan fingerprint density at radius 2 is 1.72 bits per heavy atom. The van der Waals surface area contributed by atoms with Crippen LogP contribution in [0.15, 0.2) is 40.8 Å². The molecule has 6 nitrogen and oxygen atoms in total. The molecule has 0 fully saturated rings. The molecule has 0 unspecified atom stereocenters. The van der Waals surface area contributed by atoms with Crippen LogP contribution in [0.1, 0.15) is 44.0 Å². The van der Waals surface area contributed by atoms with Crippen molar-refractivity contribution in [3.8, 4) is 10.8 Å². The zero-order valence-electron chi connectivity index (χ0n) is 17.4. The third kappa shape index (κ3) is 4.56. The van der Waals surface area contributed by atoms with Crippen LogP contribution in [0.4, 0.5) is 0 Å². The molecule has 0 aliphatic heterocycles. The van der Waals surface area contributed by atoms with E-state index >= 15 is 0 Å². The highest BCUT2D eigenvalue weighted by Gasteiger charge is 2.22. The second kappa shape index (κ2) is 8.61. The van der Waals surface area contributed by atoms with Crippen molar-refractivity contribution in [3.63, 3.8) is 0 Å². The minimum Gasteiger partial charge on any atom is -0.459 e. The van der Waals surface area contributed by atoms with Crippen molar-refractivity contribution in [3.05, 3.63) is 63.9 Å². The molecular formula is C22H25N3O3S. The summed E-state index contributed by atoms with van der Waals surface area (Å²) in [6, 6.07) is 11.1. The van der Waals surface area contributed by atoms with Crippen molar-refractivity contribution in [2.24, 2.45) is 0 Å². The number of aryl methyl sites for hydroxylation is 2. The summed E-state index contributed by atoms with van der Waals surface area (Å²) in [5.74, 6) is 1.40. The van der Waals surface area contributed by atoms with Crippen molar-refractivity contribution in [1.82, 2.24) is 14.8 Å². The Bertz CT molecular complexity index is 1020. The summed E-state index contributed by atoms with van der Waals surface area (Å²) in [7, 11) is 3.45. The minimum absolute atomic E-state index is 0.0408. The normalized spacial score (nSPS) is 10.8. The Hall–Kier alpha value is -2.93. The molecule has 2 aromatic heterocycles. The summed E-state index contributed by atoms with van der Waals surface area (Å²) in [5, 5.41) is 0.710. The van der Waals surface area contributed by atoms with Gasteiger partial charge in [-0.1, -0.05) is 12.1 Å². The highest BCUT2D eigenvalue weighted by atomic mass is 32.1. The molecule has 0 N–H and O–H groups in total. The SMILES string of the molecule is CCN(Cc1ccc(C(=O)N(C)C)cc1)C(=O)c1sc(-c2ccc(C)o2)nc1C. The van der Waals surface area contributed by atoms with E-state index in [1.165, 1.54) is 11.3 Å². The molecule has 29 heavy (non-hydrogen) atoms. The van der Waals surface area contributed by atoms with Crippen LogP contribution in [0.5, 0.6) is 0 Å². The predicted octanol–water partition coefficient (Wildman–Crippen LogP) is 4.38. The Morgan fingerprint density at radius 3 is 2.28 bits per heavy atom. The van der Waals surface area contributed by atoms with E-state index in [2.05, 4.69) is 4.98 Å². The van der Waals surface area contributed by atoms with Gasteiger partial charge < -0.3 is 14.2 Å². The van der Waals surface area contributed by atoms with Gasteiger partial charge in [0, 0.05) is 32.7 Å². The van der Waals surface area contributed by atoms with Gasteiger partial charge in [-0.05, 0) is 50.6 Å². The number of rotatable bonds is 6. The molecule has 0 aliphatic carbocycles. The minimum atomic E-state index is -0.0505. The number of benzene rings is 1. The molecule has 2 heterocycles. The smallest absolute Gasteiger partial charge is 0.266 e. The van der Waals surface area contributed by atoms with Crippen LogP contribution in [0, 0.1) is 13.8 Å². The first kappa shape index (κ1) is 20.8. The molecule has 0 aliphatic rings. The summed E-state index contributed by atoms with van der Waals surface area (Å²) < 4.78 is 5.64. The van der Waals surface area contributed by atoms with Crippen LogP contribution in [-0.2, 0) is 6.54 Å². The summed E-state index contributed by atoms with van der Waals surface area (Å²) in [6.07, 6.45) is 0. The third-order valence-corrected chi connectivity index (χ3v) is 5.75. The maximum atomic E-state index is 13.1. The van der Waals surface area contributed by atoms with Crippen LogP contribution in [0.25, 0.3) is 10.8 Å². The van der Waals surface area contributed by atoms with E-state index in [4.69, 9.17) is 4.42 Å². The summed E-state index contributed by atoms with van der Waals surface area (Å²) in [4.78, 5) is 33.6. The van der Waals surface area contributed by atoms with Gasteiger partial charge in [-0.15, -0.1) is 11.3 Å². The fourth-order valence-corrected chi connectivity index (χ4v) is 3.95. The quantitative estimate of drug-likeness (QED) is 0.604. The summed E-state index contributed by atoms with van der Waals surface area (Å²) in [5.41, 5.74) is 2.30. The number of nitrogens with zero attached hydrogens (tertiary/aromatic N) is 3. The van der Waals surface area contributed by atoms with Crippen molar-refractivity contribution in [2.45, 2.75) is 27.3 Å². The number of hydrogen-bond donors (Lipinski definition) is 0. The van der Waals surface area contributed by atoms with Crippen LogP contribution < -0.4 is 0 Å². The molecule has 1 aromatic carbocycles. The average Bonchev–Trinajstić information content (AvgIpc) is 3.31. The van der Waals surface area contributed by atoms with Crippen LogP contribution in [0.2, 0.25) is 0 Å². The van der Waals surface area contributed by atoms with Gasteiger partial charge in [0.2, 0.25) is 0 Å². The second-order valence-corrected chi connectivity index (χ2v) is 8.06. The lowest BCUT2D eigenvalue weighted by molar-refractivity contribution is 0.0755. The van der Waals surface area contributed by atoms with E-state index in [0.29, 0.717) is 40.0 Å². The molecule has 152 valence electrons. The van der Waals surface area contributed by atoms with E-state index in [1.54, 1.807) is 36.0 Å². The number of aromatic nitrogens is 1. The van der Waals surface area contributed by atoms with Gasteiger partial charge >= 0.3 is 0 Å². The third-order valence-electron chi connectivity index (χ3n) is 4.59. The standard InChI is InChI=1S/C22H25N3O3S/c1-6-25(13-16-8-10-17(11-9-16)21(26)24(4)5)22(27)19-15(3)23-20(29-19)18-12-7-14(2)28-18/h7-12H,6,13H2,1-5H3. The number of furan rings is 1. The maximum Gasteiger partial charge on any atom is 0.266 e. The zero-order valence-corrected chi connectivity index (χ0v) is 18.2. The van der Waals surface area contributed by atoms with E-state index < -0.39 is 0 Å². The van der Waals surface area contributed by atoms with Gasteiger partial charge in [0.25, 0.3) is 11.8 Å². The van der Waals surface area contributed by atoms with Gasteiger partial charge in [-0.2, -0.15) is 0 Å². The first-order chi connectivity index (χ1) is 13.8. The molecular weight excluding hydrogens is 386 g/mol. The number of hydrogen-bond acceptors (Lipinski definition) is 5. The number of amides is 2. The highest BCUT2D eigenvalue weighted by molar-refractivity contribution is 7.17. The first-order valence-electron chi connectivity index (χ1n) is 9.44. The number of carbonyl (C=O) groups is 2. The Kier molecular flexibility index (Phi) is 6.17. The molecule has 0 radical (unpaired) electrons. The van der Waals surface area contributed by atoms with Gasteiger partial charge in [-0.25, -0.2) is 4.98 Å². The largest absolute Gasteiger partial charge is 0.459 e. The monoisotopic (exact) mass is 411 g/mol. The molecule has 0 bridgehead atoms. The van der Waals surface area contributed by atoms with Crippen molar-refractivity contribution in [2.75, 3.05) is 20.6 Å². The average molecular weight is 412 g/mol. The molecule has 3 rings (SSSR count). The lowest BCUT2D eigenvalue weighted by Crippen LogP contribution is -2.30. The van der Waals surface area contributed by atoms with Crippen LogP contribution >= 0.6 is 11.3 Å². The fourth-order valence-electron chi connectivity index (χ4n) is 2.95. The van der Waals surface area contributed by atoms with Crippen LogP contribution in [-0.4, -0.2) is 47.2 Å². The van der Waals surface area contributed by atoms with Gasteiger partial charge in [0.05, 0.1) is 5.69 Å². The second-order valence-electron chi connectivity index (χ2n) is 7.06. The highest BCUT2D eigenvalue weighted by Crippen LogP contribution is 2.30. The lowest BCUT2D eigenvalue weighted by Gasteiger charge is -2.20. The Balaban J connectivity index is 1.77. The number of carbonyl (C=O) groups excluding carboxylic acids is 2. The molecule has 0 spiro atoms.